The van der Waals surface area contributed by atoms with Crippen LogP contribution in [0.15, 0.2) is 18.2 Å². The van der Waals surface area contributed by atoms with E-state index in [-0.39, 0.29) is 12.1 Å². The van der Waals surface area contributed by atoms with E-state index in [4.69, 9.17) is 4.74 Å². The maximum absolute atomic E-state index is 13.9. The quantitative estimate of drug-likeness (QED) is 0.812. The average Bonchev–Trinajstić information content (AvgIpc) is 2.81. The van der Waals surface area contributed by atoms with Crippen molar-refractivity contribution < 1.29 is 18.6 Å². The minimum absolute atomic E-state index is 0.0465. The number of methoxy groups -OCH3 is 1. The van der Waals surface area contributed by atoms with Crippen LogP contribution in [0.4, 0.5) is 8.78 Å². The van der Waals surface area contributed by atoms with Crippen molar-refractivity contribution in [3.63, 3.8) is 0 Å². The summed E-state index contributed by atoms with van der Waals surface area (Å²) in [6.45, 7) is 3.99. The molecule has 0 aliphatic carbocycles. The van der Waals surface area contributed by atoms with Crippen LogP contribution in [-0.4, -0.2) is 28.5 Å². The second kappa shape index (κ2) is 7.27. The van der Waals surface area contributed by atoms with Gasteiger partial charge in [-0.05, 0) is 19.4 Å². The Kier molecular flexibility index (Phi) is 5.56. The molecule has 1 aromatic carbocycles. The minimum atomic E-state index is -1.47. The van der Waals surface area contributed by atoms with Crippen molar-refractivity contribution in [3.05, 3.63) is 46.7 Å². The predicted octanol–water partition coefficient (Wildman–Crippen LogP) is 2.27. The minimum Gasteiger partial charge on any atom is -0.481 e. The summed E-state index contributed by atoms with van der Waals surface area (Å²) in [5.74, 6) is -0.797. The number of ether oxygens (including phenoxy) is 1. The molecule has 1 unspecified atom stereocenters. The smallest absolute Gasteiger partial charge is 0.216 e. The summed E-state index contributed by atoms with van der Waals surface area (Å²) in [6.07, 6.45) is 0.747. The Labute approximate surface area is 140 Å². The zero-order valence-corrected chi connectivity index (χ0v) is 14.4. The van der Waals surface area contributed by atoms with Gasteiger partial charge in [0.1, 0.15) is 17.2 Å². The Hall–Kier alpha value is -1.99. The average molecular weight is 339 g/mol. The van der Waals surface area contributed by atoms with Gasteiger partial charge in [0.05, 0.1) is 18.4 Å². The van der Waals surface area contributed by atoms with E-state index in [1.54, 1.807) is 18.8 Å². The van der Waals surface area contributed by atoms with E-state index in [2.05, 4.69) is 10.4 Å². The van der Waals surface area contributed by atoms with E-state index in [1.165, 1.54) is 13.0 Å². The first-order valence-electron chi connectivity index (χ1n) is 7.77. The molecule has 0 spiro atoms. The van der Waals surface area contributed by atoms with Crippen molar-refractivity contribution in [2.45, 2.75) is 32.4 Å². The van der Waals surface area contributed by atoms with Gasteiger partial charge in [-0.3, -0.25) is 0 Å². The van der Waals surface area contributed by atoms with Crippen LogP contribution >= 0.6 is 0 Å². The first kappa shape index (κ1) is 18.4. The van der Waals surface area contributed by atoms with Crippen LogP contribution in [0, 0.1) is 11.6 Å². The molecule has 0 amide bonds. The molecule has 1 atom stereocenters. The lowest BCUT2D eigenvalue weighted by Gasteiger charge is -2.25. The molecule has 0 fully saturated rings. The molecular weight excluding hydrogens is 316 g/mol. The zero-order chi connectivity index (χ0) is 17.9. The van der Waals surface area contributed by atoms with Crippen molar-refractivity contribution >= 4 is 0 Å². The molecule has 0 radical (unpaired) electrons. The fraction of sp³-hybridized carbons (Fsp3) is 0.471. The number of aryl methyl sites for hydroxylation is 2. The van der Waals surface area contributed by atoms with E-state index in [1.807, 2.05) is 6.92 Å². The van der Waals surface area contributed by atoms with Crippen molar-refractivity contribution in [3.8, 4) is 5.88 Å². The first-order valence-corrected chi connectivity index (χ1v) is 7.77. The van der Waals surface area contributed by atoms with Crippen LogP contribution in [0.25, 0.3) is 0 Å². The molecule has 0 saturated heterocycles. The third-order valence-electron chi connectivity index (χ3n) is 3.98. The molecule has 1 aromatic heterocycles. The van der Waals surface area contributed by atoms with E-state index in [9.17, 15) is 13.9 Å². The normalized spacial score (nSPS) is 13.8. The van der Waals surface area contributed by atoms with Gasteiger partial charge in [0.2, 0.25) is 5.88 Å². The number of nitrogens with zero attached hydrogens (tertiary/aromatic N) is 2. The molecule has 132 valence electrons. The van der Waals surface area contributed by atoms with E-state index < -0.39 is 17.2 Å². The highest BCUT2D eigenvalue weighted by molar-refractivity contribution is 5.32. The number of aliphatic hydroxyl groups is 1. The number of hydrogen-bond donors (Lipinski definition) is 2. The van der Waals surface area contributed by atoms with Crippen LogP contribution in [0.2, 0.25) is 0 Å². The van der Waals surface area contributed by atoms with Crippen molar-refractivity contribution in [2.75, 3.05) is 13.7 Å². The Bertz CT molecular complexity index is 714. The molecule has 5 nitrogen and oxygen atoms in total. The highest BCUT2D eigenvalue weighted by Gasteiger charge is 2.27. The van der Waals surface area contributed by atoms with E-state index in [0.29, 0.717) is 12.4 Å². The summed E-state index contributed by atoms with van der Waals surface area (Å²) in [5.41, 5.74) is 0.372. The molecule has 2 aromatic rings. The molecule has 0 saturated carbocycles. The molecule has 24 heavy (non-hydrogen) atoms. The van der Waals surface area contributed by atoms with Gasteiger partial charge in [-0.1, -0.05) is 13.0 Å². The van der Waals surface area contributed by atoms with Gasteiger partial charge in [0, 0.05) is 31.8 Å². The zero-order valence-electron chi connectivity index (χ0n) is 14.4. The van der Waals surface area contributed by atoms with Crippen LogP contribution in [0.5, 0.6) is 5.88 Å². The largest absolute Gasteiger partial charge is 0.481 e. The molecule has 7 heteroatoms. The van der Waals surface area contributed by atoms with Gasteiger partial charge in [-0.2, -0.15) is 5.10 Å². The summed E-state index contributed by atoms with van der Waals surface area (Å²) in [5, 5.41) is 18.0. The van der Waals surface area contributed by atoms with Gasteiger partial charge in [0.25, 0.3) is 0 Å². The van der Waals surface area contributed by atoms with Crippen molar-refractivity contribution in [2.24, 2.45) is 7.05 Å². The Morgan fingerprint density at radius 3 is 2.67 bits per heavy atom. The Balaban J connectivity index is 2.11. The maximum atomic E-state index is 13.9. The molecule has 0 aliphatic heterocycles. The van der Waals surface area contributed by atoms with Crippen LogP contribution in [-0.2, 0) is 25.6 Å². The maximum Gasteiger partial charge on any atom is 0.216 e. The summed E-state index contributed by atoms with van der Waals surface area (Å²) in [7, 11) is 3.37. The summed E-state index contributed by atoms with van der Waals surface area (Å²) >= 11 is 0. The number of nitrogens with one attached hydrogen (secondary N) is 1. The van der Waals surface area contributed by atoms with E-state index in [0.717, 1.165) is 29.8 Å². The van der Waals surface area contributed by atoms with Gasteiger partial charge in [-0.15, -0.1) is 0 Å². The second-order valence-corrected chi connectivity index (χ2v) is 5.91. The lowest BCUT2D eigenvalue weighted by molar-refractivity contribution is 0.0527. The number of hydrogen-bond acceptors (Lipinski definition) is 4. The second-order valence-electron chi connectivity index (χ2n) is 5.91. The van der Waals surface area contributed by atoms with Crippen molar-refractivity contribution in [1.82, 2.24) is 15.1 Å². The predicted molar refractivity (Wildman–Crippen MR) is 86.8 cm³/mol. The molecular formula is C17H23F2N3O2. The topological polar surface area (TPSA) is 59.3 Å². The third-order valence-corrected chi connectivity index (χ3v) is 3.98. The lowest BCUT2D eigenvalue weighted by atomic mass is 9.95. The SMILES string of the molecule is CCc1nn(C)c(OC)c1CNCC(C)(O)c1ccc(F)cc1F. The molecule has 2 N–H and O–H groups in total. The van der Waals surface area contributed by atoms with Gasteiger partial charge in [-0.25, -0.2) is 13.5 Å². The Morgan fingerprint density at radius 2 is 2.08 bits per heavy atom. The molecule has 1 heterocycles. The fourth-order valence-electron chi connectivity index (χ4n) is 2.78. The summed E-state index contributed by atoms with van der Waals surface area (Å²) in [6, 6.07) is 3.16. The van der Waals surface area contributed by atoms with Gasteiger partial charge in [0.15, 0.2) is 0 Å². The first-order chi connectivity index (χ1) is 11.3. The van der Waals surface area contributed by atoms with Crippen LogP contribution in [0.1, 0.15) is 30.7 Å². The molecule has 0 bridgehead atoms. The van der Waals surface area contributed by atoms with Crippen LogP contribution < -0.4 is 10.1 Å². The number of halogens is 2. The van der Waals surface area contributed by atoms with Gasteiger partial charge < -0.3 is 15.2 Å². The Morgan fingerprint density at radius 1 is 1.38 bits per heavy atom. The number of benzene rings is 1. The highest BCUT2D eigenvalue weighted by Crippen LogP contribution is 2.25. The van der Waals surface area contributed by atoms with Gasteiger partial charge >= 0.3 is 0 Å². The van der Waals surface area contributed by atoms with Crippen molar-refractivity contribution in [1.29, 1.82) is 0 Å². The fourth-order valence-corrected chi connectivity index (χ4v) is 2.78. The number of aromatic nitrogens is 2. The standard InChI is InChI=1S/C17H23F2N3O2/c1-5-15-12(16(24-4)22(3)21-15)9-20-10-17(2,23)13-7-6-11(18)8-14(13)19/h6-8,20,23H,5,9-10H2,1-4H3. The summed E-state index contributed by atoms with van der Waals surface area (Å²) in [4.78, 5) is 0. The lowest BCUT2D eigenvalue weighted by Crippen LogP contribution is -2.36. The van der Waals surface area contributed by atoms with Crippen LogP contribution in [0.3, 0.4) is 0 Å². The monoisotopic (exact) mass is 339 g/mol. The highest BCUT2D eigenvalue weighted by atomic mass is 19.1. The summed E-state index contributed by atoms with van der Waals surface area (Å²) < 4.78 is 33.9. The number of rotatable bonds is 7. The van der Waals surface area contributed by atoms with E-state index >= 15 is 0 Å². The third kappa shape index (κ3) is 3.73. The molecule has 0 aliphatic rings. The molecule has 2 rings (SSSR count).